The molecule has 0 saturated carbocycles. The summed E-state index contributed by atoms with van der Waals surface area (Å²) in [5, 5.41) is 3.08. The third-order valence-electron chi connectivity index (χ3n) is 2.72. The number of amides is 1. The van der Waals surface area contributed by atoms with Crippen LogP contribution in [0.4, 0.5) is 5.69 Å². The van der Waals surface area contributed by atoms with Gasteiger partial charge in [-0.15, -0.1) is 0 Å². The first-order chi connectivity index (χ1) is 9.72. The number of fused-ring (bicyclic) bond motifs is 1. The predicted octanol–water partition coefficient (Wildman–Crippen LogP) is 2.93. The van der Waals surface area contributed by atoms with Crippen molar-refractivity contribution in [2.24, 2.45) is 0 Å². The van der Waals surface area contributed by atoms with Gasteiger partial charge in [0.1, 0.15) is 5.15 Å². The fourth-order valence-corrected chi connectivity index (χ4v) is 1.96. The van der Waals surface area contributed by atoms with Crippen molar-refractivity contribution in [1.82, 2.24) is 15.0 Å². The number of hydrogen-bond acceptors (Lipinski definition) is 4. The SMILES string of the molecule is O=C(Nc1ccnc(Cl)c1)c1ccc2nccnc2c1. The number of pyridine rings is 1. The van der Waals surface area contributed by atoms with Crippen LogP contribution in [0.2, 0.25) is 5.15 Å². The summed E-state index contributed by atoms with van der Waals surface area (Å²) in [4.78, 5) is 24.3. The second-order valence-corrected chi connectivity index (χ2v) is 4.47. The summed E-state index contributed by atoms with van der Waals surface area (Å²) in [6, 6.07) is 8.41. The Morgan fingerprint density at radius 2 is 1.75 bits per heavy atom. The average Bonchev–Trinajstić information content (AvgIpc) is 2.47. The molecule has 0 bridgehead atoms. The molecular weight excluding hydrogens is 276 g/mol. The van der Waals surface area contributed by atoms with Gasteiger partial charge in [0.05, 0.1) is 11.0 Å². The van der Waals surface area contributed by atoms with E-state index >= 15 is 0 Å². The molecule has 0 unspecified atom stereocenters. The molecule has 0 aliphatic heterocycles. The van der Waals surface area contributed by atoms with Crippen molar-refractivity contribution in [2.75, 3.05) is 5.32 Å². The Labute approximate surface area is 119 Å². The summed E-state index contributed by atoms with van der Waals surface area (Å²) >= 11 is 5.77. The zero-order valence-electron chi connectivity index (χ0n) is 10.2. The number of carbonyl (C=O) groups is 1. The summed E-state index contributed by atoms with van der Waals surface area (Å²) < 4.78 is 0. The van der Waals surface area contributed by atoms with Crippen molar-refractivity contribution in [2.45, 2.75) is 0 Å². The summed E-state index contributed by atoms with van der Waals surface area (Å²) in [5.74, 6) is -0.236. The zero-order chi connectivity index (χ0) is 13.9. The van der Waals surface area contributed by atoms with Crippen LogP contribution in [-0.4, -0.2) is 20.9 Å². The molecule has 0 fully saturated rings. The lowest BCUT2D eigenvalue weighted by atomic mass is 10.2. The Morgan fingerprint density at radius 3 is 2.55 bits per heavy atom. The van der Waals surface area contributed by atoms with E-state index in [1.54, 1.807) is 42.7 Å². The van der Waals surface area contributed by atoms with Gasteiger partial charge in [0.25, 0.3) is 5.91 Å². The lowest BCUT2D eigenvalue weighted by Crippen LogP contribution is -2.12. The monoisotopic (exact) mass is 284 g/mol. The van der Waals surface area contributed by atoms with Gasteiger partial charge in [-0.2, -0.15) is 0 Å². The van der Waals surface area contributed by atoms with Crippen LogP contribution < -0.4 is 5.32 Å². The second-order valence-electron chi connectivity index (χ2n) is 4.08. The van der Waals surface area contributed by atoms with Gasteiger partial charge in [0.2, 0.25) is 0 Å². The molecule has 1 aromatic carbocycles. The number of carbonyl (C=O) groups excluding carboxylic acids is 1. The van der Waals surface area contributed by atoms with Crippen LogP contribution >= 0.6 is 11.6 Å². The maximum absolute atomic E-state index is 12.1. The molecule has 5 nitrogen and oxygen atoms in total. The minimum absolute atomic E-state index is 0.236. The molecule has 2 heterocycles. The van der Waals surface area contributed by atoms with E-state index in [1.807, 2.05) is 0 Å². The number of hydrogen-bond donors (Lipinski definition) is 1. The van der Waals surface area contributed by atoms with Crippen LogP contribution in [0.25, 0.3) is 11.0 Å². The molecule has 0 aliphatic carbocycles. The van der Waals surface area contributed by atoms with Crippen molar-refractivity contribution < 1.29 is 4.79 Å². The van der Waals surface area contributed by atoms with E-state index in [-0.39, 0.29) is 5.91 Å². The molecule has 3 aromatic rings. The predicted molar refractivity (Wildman–Crippen MR) is 76.7 cm³/mol. The van der Waals surface area contributed by atoms with Crippen molar-refractivity contribution in [3.05, 3.63) is 59.6 Å². The van der Waals surface area contributed by atoms with Crippen LogP contribution in [0, 0.1) is 0 Å². The fourth-order valence-electron chi connectivity index (χ4n) is 1.79. The smallest absolute Gasteiger partial charge is 0.255 e. The Kier molecular flexibility index (Phi) is 3.26. The standard InChI is InChI=1S/C14H9ClN4O/c15-13-8-10(3-4-18-13)19-14(20)9-1-2-11-12(7-9)17-6-5-16-11/h1-8H,(H,18,19,20). The van der Waals surface area contributed by atoms with E-state index in [9.17, 15) is 4.79 Å². The first-order valence-corrected chi connectivity index (χ1v) is 6.24. The average molecular weight is 285 g/mol. The van der Waals surface area contributed by atoms with Crippen LogP contribution in [-0.2, 0) is 0 Å². The van der Waals surface area contributed by atoms with Crippen LogP contribution in [0.5, 0.6) is 0 Å². The molecule has 98 valence electrons. The number of halogens is 1. The molecule has 0 spiro atoms. The Hall–Kier alpha value is -2.53. The molecule has 2 aromatic heterocycles. The first-order valence-electron chi connectivity index (χ1n) is 5.86. The van der Waals surface area contributed by atoms with Crippen LogP contribution in [0.1, 0.15) is 10.4 Å². The molecule has 0 atom stereocenters. The van der Waals surface area contributed by atoms with Gasteiger partial charge in [0, 0.05) is 29.8 Å². The minimum Gasteiger partial charge on any atom is -0.322 e. The summed E-state index contributed by atoms with van der Waals surface area (Å²) in [7, 11) is 0. The fraction of sp³-hybridized carbons (Fsp3) is 0. The third-order valence-corrected chi connectivity index (χ3v) is 2.92. The highest BCUT2D eigenvalue weighted by molar-refractivity contribution is 6.29. The highest BCUT2D eigenvalue weighted by Gasteiger charge is 2.08. The molecule has 0 saturated heterocycles. The van der Waals surface area contributed by atoms with E-state index in [4.69, 9.17) is 11.6 Å². The van der Waals surface area contributed by atoms with E-state index in [0.29, 0.717) is 21.9 Å². The molecule has 1 N–H and O–H groups in total. The Balaban J connectivity index is 1.88. The lowest BCUT2D eigenvalue weighted by Gasteiger charge is -2.05. The van der Waals surface area contributed by atoms with Gasteiger partial charge in [-0.25, -0.2) is 4.98 Å². The van der Waals surface area contributed by atoms with Gasteiger partial charge in [-0.1, -0.05) is 11.6 Å². The van der Waals surface area contributed by atoms with E-state index < -0.39 is 0 Å². The number of anilines is 1. The molecular formula is C14H9ClN4O. The largest absolute Gasteiger partial charge is 0.322 e. The van der Waals surface area contributed by atoms with Gasteiger partial charge in [-0.05, 0) is 30.3 Å². The quantitative estimate of drug-likeness (QED) is 0.735. The number of rotatable bonds is 2. The van der Waals surface area contributed by atoms with Crippen molar-refractivity contribution in [3.8, 4) is 0 Å². The van der Waals surface area contributed by atoms with Crippen molar-refractivity contribution >= 4 is 34.2 Å². The highest BCUT2D eigenvalue weighted by Crippen LogP contribution is 2.15. The van der Waals surface area contributed by atoms with Crippen molar-refractivity contribution in [3.63, 3.8) is 0 Å². The maximum atomic E-state index is 12.1. The lowest BCUT2D eigenvalue weighted by molar-refractivity contribution is 0.102. The normalized spacial score (nSPS) is 10.4. The summed E-state index contributed by atoms with van der Waals surface area (Å²) in [6.45, 7) is 0. The molecule has 0 radical (unpaired) electrons. The van der Waals surface area contributed by atoms with Crippen molar-refractivity contribution in [1.29, 1.82) is 0 Å². The molecule has 6 heteroatoms. The van der Waals surface area contributed by atoms with E-state index in [2.05, 4.69) is 20.3 Å². The Morgan fingerprint density at radius 1 is 0.950 bits per heavy atom. The summed E-state index contributed by atoms with van der Waals surface area (Å²) in [5.41, 5.74) is 2.52. The molecule has 3 rings (SSSR count). The summed E-state index contributed by atoms with van der Waals surface area (Å²) in [6.07, 6.45) is 4.73. The second kappa shape index (κ2) is 5.22. The molecule has 0 aliphatic rings. The highest BCUT2D eigenvalue weighted by atomic mass is 35.5. The minimum atomic E-state index is -0.236. The van der Waals surface area contributed by atoms with Gasteiger partial charge < -0.3 is 5.32 Å². The first kappa shape index (κ1) is 12.5. The Bertz CT molecular complexity index is 791. The molecule has 20 heavy (non-hydrogen) atoms. The van der Waals surface area contributed by atoms with Crippen LogP contribution in [0.15, 0.2) is 48.9 Å². The maximum Gasteiger partial charge on any atom is 0.255 e. The topological polar surface area (TPSA) is 67.8 Å². The van der Waals surface area contributed by atoms with E-state index in [0.717, 1.165) is 5.52 Å². The van der Waals surface area contributed by atoms with E-state index in [1.165, 1.54) is 6.20 Å². The van der Waals surface area contributed by atoms with Crippen LogP contribution in [0.3, 0.4) is 0 Å². The molecule has 1 amide bonds. The van der Waals surface area contributed by atoms with Gasteiger partial charge in [-0.3, -0.25) is 14.8 Å². The number of benzene rings is 1. The number of aromatic nitrogens is 3. The third kappa shape index (κ3) is 2.57. The van der Waals surface area contributed by atoms with Gasteiger partial charge >= 0.3 is 0 Å². The zero-order valence-corrected chi connectivity index (χ0v) is 11.0. The number of nitrogens with one attached hydrogen (secondary N) is 1. The van der Waals surface area contributed by atoms with Gasteiger partial charge in [0.15, 0.2) is 0 Å². The number of nitrogens with zero attached hydrogens (tertiary/aromatic N) is 3.